The number of carbonyl (C=O) groups is 1. The zero-order valence-electron chi connectivity index (χ0n) is 9.46. The number of hydrogen-bond acceptors (Lipinski definition) is 5. The summed E-state index contributed by atoms with van der Waals surface area (Å²) in [6.07, 6.45) is 2.73. The second-order valence-electron chi connectivity index (χ2n) is 3.34. The Morgan fingerprint density at radius 2 is 2.33 bits per heavy atom. The summed E-state index contributed by atoms with van der Waals surface area (Å²) in [6, 6.07) is 4.24. The molecule has 4 nitrogen and oxygen atoms in total. The van der Waals surface area contributed by atoms with Crippen molar-refractivity contribution < 1.29 is 13.9 Å². The van der Waals surface area contributed by atoms with Crippen molar-refractivity contribution in [2.45, 2.75) is 0 Å². The van der Waals surface area contributed by atoms with E-state index in [9.17, 15) is 9.18 Å². The number of ketones is 1. The Balaban J connectivity index is 2.29. The number of aromatic nitrogens is 2. The van der Waals surface area contributed by atoms with Gasteiger partial charge in [0, 0.05) is 5.38 Å². The van der Waals surface area contributed by atoms with Gasteiger partial charge in [0.05, 0.1) is 18.4 Å². The van der Waals surface area contributed by atoms with Crippen molar-refractivity contribution in [1.82, 2.24) is 9.59 Å². The highest BCUT2D eigenvalue weighted by molar-refractivity contribution is 7.03. The van der Waals surface area contributed by atoms with Crippen LogP contribution < -0.4 is 4.74 Å². The van der Waals surface area contributed by atoms with Crippen LogP contribution in [0.2, 0.25) is 0 Å². The molecule has 0 atom stereocenters. The highest BCUT2D eigenvalue weighted by Gasteiger charge is 2.14. The summed E-state index contributed by atoms with van der Waals surface area (Å²) in [5, 5.41) is 5.43. The summed E-state index contributed by atoms with van der Waals surface area (Å²) < 4.78 is 22.2. The highest BCUT2D eigenvalue weighted by Crippen LogP contribution is 2.22. The molecular weight excluding hydrogens is 255 g/mol. The number of methoxy groups -OCH3 is 1. The van der Waals surface area contributed by atoms with Gasteiger partial charge in [-0.25, -0.2) is 4.39 Å². The number of benzene rings is 1. The van der Waals surface area contributed by atoms with Gasteiger partial charge in [-0.1, -0.05) is 10.6 Å². The zero-order chi connectivity index (χ0) is 13.0. The molecule has 0 spiro atoms. The third-order valence-electron chi connectivity index (χ3n) is 2.22. The van der Waals surface area contributed by atoms with Gasteiger partial charge in [-0.2, -0.15) is 0 Å². The van der Waals surface area contributed by atoms with Gasteiger partial charge in [0.15, 0.2) is 5.78 Å². The predicted octanol–water partition coefficient (Wildman–Crippen LogP) is 2.58. The molecule has 0 saturated carbocycles. The Morgan fingerprint density at radius 1 is 1.50 bits per heavy atom. The maximum Gasteiger partial charge on any atom is 0.192 e. The third kappa shape index (κ3) is 2.60. The minimum atomic E-state index is -0.611. The van der Waals surface area contributed by atoms with Gasteiger partial charge in [0.1, 0.15) is 11.6 Å². The maximum atomic E-state index is 13.6. The summed E-state index contributed by atoms with van der Waals surface area (Å²) in [6.45, 7) is 0. The number of hydrogen-bond donors (Lipinski definition) is 0. The fraction of sp³-hybridized carbons (Fsp3) is 0.0833. The summed E-state index contributed by atoms with van der Waals surface area (Å²) in [7, 11) is 1.39. The largest absolute Gasteiger partial charge is 0.496 e. The second-order valence-corrected chi connectivity index (χ2v) is 3.95. The van der Waals surface area contributed by atoms with Crippen LogP contribution in [0.15, 0.2) is 29.7 Å². The lowest BCUT2D eigenvalue weighted by atomic mass is 10.1. The molecule has 2 rings (SSSR count). The van der Waals surface area contributed by atoms with Gasteiger partial charge >= 0.3 is 0 Å². The number of halogens is 1. The first-order valence-electron chi connectivity index (χ1n) is 5.04. The van der Waals surface area contributed by atoms with Crippen molar-refractivity contribution in [2.24, 2.45) is 0 Å². The van der Waals surface area contributed by atoms with Crippen LogP contribution in [-0.4, -0.2) is 22.5 Å². The van der Waals surface area contributed by atoms with Crippen LogP contribution in [0.5, 0.6) is 5.75 Å². The minimum Gasteiger partial charge on any atom is -0.496 e. The molecule has 1 aromatic heterocycles. The number of nitrogens with zero attached hydrogens (tertiary/aromatic N) is 2. The van der Waals surface area contributed by atoms with Crippen molar-refractivity contribution in [2.75, 3.05) is 7.11 Å². The smallest absolute Gasteiger partial charge is 0.192 e. The van der Waals surface area contributed by atoms with Crippen LogP contribution >= 0.6 is 11.5 Å². The van der Waals surface area contributed by atoms with Gasteiger partial charge in [0.25, 0.3) is 0 Å². The van der Waals surface area contributed by atoms with E-state index in [0.717, 1.165) is 0 Å². The summed E-state index contributed by atoms with van der Waals surface area (Å²) in [5.41, 5.74) is 0.475. The molecule has 0 aliphatic heterocycles. The Hall–Kier alpha value is -2.08. The van der Waals surface area contributed by atoms with E-state index in [2.05, 4.69) is 9.59 Å². The first-order valence-corrected chi connectivity index (χ1v) is 5.88. The van der Waals surface area contributed by atoms with Crippen LogP contribution in [0, 0.1) is 5.82 Å². The number of rotatable bonds is 4. The van der Waals surface area contributed by atoms with Gasteiger partial charge in [-0.15, -0.1) is 5.10 Å². The molecule has 0 fully saturated rings. The number of allylic oxidation sites excluding steroid dienone is 1. The van der Waals surface area contributed by atoms with Crippen molar-refractivity contribution >= 4 is 23.4 Å². The highest BCUT2D eigenvalue weighted by atomic mass is 32.1. The summed E-state index contributed by atoms with van der Waals surface area (Å²) >= 11 is 1.18. The third-order valence-corrected chi connectivity index (χ3v) is 2.75. The Bertz CT molecular complexity index is 582. The molecule has 0 radical (unpaired) electrons. The second kappa shape index (κ2) is 5.50. The Kier molecular flexibility index (Phi) is 3.78. The van der Waals surface area contributed by atoms with Crippen LogP contribution in [0.25, 0.3) is 6.08 Å². The van der Waals surface area contributed by atoms with E-state index >= 15 is 0 Å². The molecule has 0 aliphatic carbocycles. The molecule has 0 amide bonds. The van der Waals surface area contributed by atoms with E-state index in [1.807, 2.05) is 0 Å². The van der Waals surface area contributed by atoms with Gasteiger partial charge in [-0.3, -0.25) is 4.79 Å². The molecule has 92 valence electrons. The zero-order valence-corrected chi connectivity index (χ0v) is 10.3. The molecule has 18 heavy (non-hydrogen) atoms. The molecule has 0 N–H and O–H groups in total. The molecule has 6 heteroatoms. The van der Waals surface area contributed by atoms with E-state index in [-0.39, 0.29) is 11.3 Å². The van der Waals surface area contributed by atoms with Crippen LogP contribution in [-0.2, 0) is 0 Å². The monoisotopic (exact) mass is 264 g/mol. The molecule has 2 aromatic rings. The minimum absolute atomic E-state index is 0.0839. The van der Waals surface area contributed by atoms with Crippen molar-refractivity contribution in [3.8, 4) is 5.75 Å². The first-order chi connectivity index (χ1) is 8.72. The lowest BCUT2D eigenvalue weighted by Gasteiger charge is -2.05. The van der Waals surface area contributed by atoms with Crippen LogP contribution in [0.1, 0.15) is 16.1 Å². The van der Waals surface area contributed by atoms with Crippen LogP contribution in [0.4, 0.5) is 4.39 Å². The lowest BCUT2D eigenvalue weighted by Crippen LogP contribution is -2.02. The first kappa shape index (κ1) is 12.4. The molecule has 1 heterocycles. The molecule has 0 saturated heterocycles. The Labute approximate surface area is 107 Å². The maximum absolute atomic E-state index is 13.6. The van der Waals surface area contributed by atoms with E-state index in [0.29, 0.717) is 5.69 Å². The predicted molar refractivity (Wildman–Crippen MR) is 66.2 cm³/mol. The summed E-state index contributed by atoms with van der Waals surface area (Å²) in [4.78, 5) is 11.9. The SMILES string of the molecule is COc1cccc(F)c1C(=O)/C=C/c1csnn1. The van der Waals surface area contributed by atoms with E-state index < -0.39 is 11.6 Å². The Morgan fingerprint density at radius 3 is 3.00 bits per heavy atom. The van der Waals surface area contributed by atoms with E-state index in [1.165, 1.54) is 49.0 Å². The fourth-order valence-electron chi connectivity index (χ4n) is 1.40. The van der Waals surface area contributed by atoms with Crippen molar-refractivity contribution in [1.29, 1.82) is 0 Å². The lowest BCUT2D eigenvalue weighted by molar-refractivity contribution is 0.104. The van der Waals surface area contributed by atoms with Gasteiger partial charge < -0.3 is 4.74 Å². The average molecular weight is 264 g/mol. The van der Waals surface area contributed by atoms with Gasteiger partial charge in [0.2, 0.25) is 0 Å². The van der Waals surface area contributed by atoms with E-state index in [1.54, 1.807) is 5.38 Å². The average Bonchev–Trinajstić information content (AvgIpc) is 2.88. The summed E-state index contributed by atoms with van der Waals surface area (Å²) in [5.74, 6) is -0.876. The number of ether oxygens (including phenoxy) is 1. The van der Waals surface area contributed by atoms with Crippen molar-refractivity contribution in [3.63, 3.8) is 0 Å². The van der Waals surface area contributed by atoms with Crippen LogP contribution in [0.3, 0.4) is 0 Å². The molecule has 0 unspecified atom stereocenters. The normalized spacial score (nSPS) is 10.8. The van der Waals surface area contributed by atoms with Crippen molar-refractivity contribution in [3.05, 3.63) is 46.7 Å². The number of carbonyl (C=O) groups excluding carboxylic acids is 1. The molecule has 0 bridgehead atoms. The fourth-order valence-corrected chi connectivity index (χ4v) is 1.82. The quantitative estimate of drug-likeness (QED) is 0.629. The topological polar surface area (TPSA) is 52.1 Å². The molecule has 0 aliphatic rings. The standard InChI is InChI=1S/C12H9FN2O2S/c1-17-11-4-2-3-9(13)12(11)10(16)6-5-8-7-18-15-14-8/h2-7H,1H3/b6-5+. The molecule has 1 aromatic carbocycles. The molecular formula is C12H9FN2O2S. The van der Waals surface area contributed by atoms with E-state index in [4.69, 9.17) is 4.74 Å². The van der Waals surface area contributed by atoms with Gasteiger partial charge in [-0.05, 0) is 35.8 Å².